The van der Waals surface area contributed by atoms with Crippen LogP contribution in [0.5, 0.6) is 0 Å². The average Bonchev–Trinajstić information content (AvgIpc) is 2.40. The summed E-state index contributed by atoms with van der Waals surface area (Å²) in [6.45, 7) is 2.78. The Morgan fingerprint density at radius 3 is 2.89 bits per heavy atom. The van der Waals surface area contributed by atoms with E-state index in [0.29, 0.717) is 6.10 Å². The first-order valence-corrected chi connectivity index (χ1v) is 7.76. The molecule has 1 atom stereocenters. The molecule has 0 aromatic heterocycles. The number of anilines is 1. The second kappa shape index (κ2) is 7.27. The normalized spacial score (nSPS) is 19.4. The fraction of sp³-hybridized carbons (Fsp3) is 0.600. The van der Waals surface area contributed by atoms with Gasteiger partial charge < -0.3 is 15.0 Å². The fourth-order valence-electron chi connectivity index (χ4n) is 2.53. The SMILES string of the molecule is CNCc1ccc(N(C)CC2CCCCO2)c(Br)c1. The predicted octanol–water partition coefficient (Wildman–Crippen LogP) is 3.17. The molecule has 2 rings (SSSR count). The zero-order valence-corrected chi connectivity index (χ0v) is 13.4. The summed E-state index contributed by atoms with van der Waals surface area (Å²) >= 11 is 3.67. The molecule has 4 heteroatoms. The third-order valence-electron chi connectivity index (χ3n) is 3.56. The second-order valence-corrected chi connectivity index (χ2v) is 6.04. The molecule has 1 fully saturated rings. The summed E-state index contributed by atoms with van der Waals surface area (Å²) in [5, 5.41) is 3.17. The highest BCUT2D eigenvalue weighted by atomic mass is 79.9. The summed E-state index contributed by atoms with van der Waals surface area (Å²) in [7, 11) is 4.10. The summed E-state index contributed by atoms with van der Waals surface area (Å²) in [6, 6.07) is 6.54. The molecule has 1 heterocycles. The molecule has 1 aliphatic heterocycles. The average molecular weight is 327 g/mol. The van der Waals surface area contributed by atoms with Gasteiger partial charge in [0.05, 0.1) is 11.8 Å². The third kappa shape index (κ3) is 4.20. The first kappa shape index (κ1) is 14.8. The van der Waals surface area contributed by atoms with Gasteiger partial charge in [0.15, 0.2) is 0 Å². The van der Waals surface area contributed by atoms with Gasteiger partial charge in [-0.05, 0) is 59.9 Å². The molecule has 1 aromatic carbocycles. The Morgan fingerprint density at radius 1 is 1.42 bits per heavy atom. The van der Waals surface area contributed by atoms with E-state index in [1.807, 2.05) is 7.05 Å². The van der Waals surface area contributed by atoms with Crippen molar-refractivity contribution in [3.63, 3.8) is 0 Å². The van der Waals surface area contributed by atoms with Crippen molar-refractivity contribution in [1.29, 1.82) is 0 Å². The maximum absolute atomic E-state index is 5.81. The Hall–Kier alpha value is -0.580. The summed E-state index contributed by atoms with van der Waals surface area (Å²) < 4.78 is 6.96. The van der Waals surface area contributed by atoms with Crippen LogP contribution in [0.1, 0.15) is 24.8 Å². The molecule has 1 aromatic rings. The molecule has 1 aliphatic rings. The number of hydrogen-bond donors (Lipinski definition) is 1. The number of hydrogen-bond acceptors (Lipinski definition) is 3. The zero-order valence-electron chi connectivity index (χ0n) is 11.8. The lowest BCUT2D eigenvalue weighted by Crippen LogP contribution is -2.33. The van der Waals surface area contributed by atoms with E-state index < -0.39 is 0 Å². The molecule has 106 valence electrons. The van der Waals surface area contributed by atoms with E-state index in [1.54, 1.807) is 0 Å². The van der Waals surface area contributed by atoms with Crippen molar-refractivity contribution in [3.05, 3.63) is 28.2 Å². The fourth-order valence-corrected chi connectivity index (χ4v) is 3.26. The van der Waals surface area contributed by atoms with Crippen LogP contribution < -0.4 is 10.2 Å². The zero-order chi connectivity index (χ0) is 13.7. The van der Waals surface area contributed by atoms with Crippen molar-refractivity contribution in [2.75, 3.05) is 32.1 Å². The van der Waals surface area contributed by atoms with E-state index in [9.17, 15) is 0 Å². The van der Waals surface area contributed by atoms with E-state index >= 15 is 0 Å². The molecule has 0 amide bonds. The minimum Gasteiger partial charge on any atom is -0.376 e. The Kier molecular flexibility index (Phi) is 5.67. The van der Waals surface area contributed by atoms with E-state index in [2.05, 4.69) is 51.4 Å². The van der Waals surface area contributed by atoms with Gasteiger partial charge in [0, 0.05) is 31.2 Å². The number of benzene rings is 1. The van der Waals surface area contributed by atoms with Crippen LogP contribution in [0.3, 0.4) is 0 Å². The topological polar surface area (TPSA) is 24.5 Å². The number of likely N-dealkylation sites (N-methyl/N-ethyl adjacent to an activating group) is 1. The molecule has 0 radical (unpaired) electrons. The lowest BCUT2D eigenvalue weighted by atomic mass is 10.1. The molecule has 19 heavy (non-hydrogen) atoms. The minimum atomic E-state index is 0.377. The van der Waals surface area contributed by atoms with E-state index in [1.165, 1.54) is 30.5 Å². The highest BCUT2D eigenvalue weighted by Crippen LogP contribution is 2.27. The smallest absolute Gasteiger partial charge is 0.0749 e. The summed E-state index contributed by atoms with van der Waals surface area (Å²) in [4.78, 5) is 2.28. The highest BCUT2D eigenvalue weighted by molar-refractivity contribution is 9.10. The lowest BCUT2D eigenvalue weighted by molar-refractivity contribution is 0.0216. The van der Waals surface area contributed by atoms with Crippen LogP contribution in [-0.4, -0.2) is 33.4 Å². The van der Waals surface area contributed by atoms with Crippen molar-refractivity contribution in [1.82, 2.24) is 5.32 Å². The van der Waals surface area contributed by atoms with Crippen molar-refractivity contribution >= 4 is 21.6 Å². The molecule has 0 aliphatic carbocycles. The van der Waals surface area contributed by atoms with Crippen LogP contribution in [-0.2, 0) is 11.3 Å². The Bertz CT molecular complexity index is 405. The van der Waals surface area contributed by atoms with Crippen molar-refractivity contribution in [2.24, 2.45) is 0 Å². The summed E-state index contributed by atoms with van der Waals surface area (Å²) in [5.74, 6) is 0. The van der Waals surface area contributed by atoms with Crippen LogP contribution in [0.25, 0.3) is 0 Å². The maximum Gasteiger partial charge on any atom is 0.0749 e. The quantitative estimate of drug-likeness (QED) is 0.899. The van der Waals surface area contributed by atoms with Gasteiger partial charge in [-0.3, -0.25) is 0 Å². The van der Waals surface area contributed by atoms with Crippen LogP contribution >= 0.6 is 15.9 Å². The van der Waals surface area contributed by atoms with Gasteiger partial charge in [0.2, 0.25) is 0 Å². The van der Waals surface area contributed by atoms with Crippen LogP contribution in [0, 0.1) is 0 Å². The molecular weight excluding hydrogens is 304 g/mol. The molecule has 1 unspecified atom stereocenters. The van der Waals surface area contributed by atoms with E-state index in [0.717, 1.165) is 24.2 Å². The predicted molar refractivity (Wildman–Crippen MR) is 83.8 cm³/mol. The highest BCUT2D eigenvalue weighted by Gasteiger charge is 2.17. The van der Waals surface area contributed by atoms with Crippen molar-refractivity contribution < 1.29 is 4.74 Å². The van der Waals surface area contributed by atoms with E-state index in [-0.39, 0.29) is 0 Å². The number of nitrogens with one attached hydrogen (secondary N) is 1. The standard InChI is InChI=1S/C15H23BrN2O/c1-17-10-12-6-7-15(14(16)9-12)18(2)11-13-5-3-4-8-19-13/h6-7,9,13,17H,3-5,8,10-11H2,1-2H3. The Balaban J connectivity index is 1.99. The number of ether oxygens (including phenoxy) is 1. The second-order valence-electron chi connectivity index (χ2n) is 5.19. The minimum absolute atomic E-state index is 0.377. The van der Waals surface area contributed by atoms with Gasteiger partial charge in [-0.15, -0.1) is 0 Å². The van der Waals surface area contributed by atoms with Crippen molar-refractivity contribution in [2.45, 2.75) is 31.9 Å². The van der Waals surface area contributed by atoms with Crippen molar-refractivity contribution in [3.8, 4) is 0 Å². The van der Waals surface area contributed by atoms with Gasteiger partial charge in [0.25, 0.3) is 0 Å². The Morgan fingerprint density at radius 2 is 2.26 bits per heavy atom. The molecule has 0 spiro atoms. The van der Waals surface area contributed by atoms with E-state index in [4.69, 9.17) is 4.74 Å². The maximum atomic E-state index is 5.81. The van der Waals surface area contributed by atoms with Gasteiger partial charge >= 0.3 is 0 Å². The summed E-state index contributed by atoms with van der Waals surface area (Å²) in [5.41, 5.74) is 2.52. The molecular formula is C15H23BrN2O. The molecule has 0 saturated carbocycles. The largest absolute Gasteiger partial charge is 0.376 e. The number of rotatable bonds is 5. The third-order valence-corrected chi connectivity index (χ3v) is 4.19. The molecule has 1 saturated heterocycles. The summed E-state index contributed by atoms with van der Waals surface area (Å²) in [6.07, 6.45) is 4.06. The number of halogens is 1. The Labute approximate surface area is 124 Å². The van der Waals surface area contributed by atoms with Crippen LogP contribution in [0.15, 0.2) is 22.7 Å². The monoisotopic (exact) mass is 326 g/mol. The van der Waals surface area contributed by atoms with Gasteiger partial charge in [-0.25, -0.2) is 0 Å². The van der Waals surface area contributed by atoms with Gasteiger partial charge in [0.1, 0.15) is 0 Å². The van der Waals surface area contributed by atoms with Gasteiger partial charge in [-0.1, -0.05) is 6.07 Å². The lowest BCUT2D eigenvalue weighted by Gasteiger charge is -2.29. The van der Waals surface area contributed by atoms with Crippen LogP contribution in [0.4, 0.5) is 5.69 Å². The molecule has 3 nitrogen and oxygen atoms in total. The van der Waals surface area contributed by atoms with Gasteiger partial charge in [-0.2, -0.15) is 0 Å². The molecule has 1 N–H and O–H groups in total. The van der Waals surface area contributed by atoms with Crippen LogP contribution in [0.2, 0.25) is 0 Å². The first-order chi connectivity index (χ1) is 9.20. The molecule has 0 bridgehead atoms. The first-order valence-electron chi connectivity index (χ1n) is 6.96. The number of nitrogens with zero attached hydrogens (tertiary/aromatic N) is 1.